The van der Waals surface area contributed by atoms with Gasteiger partial charge >= 0.3 is 0 Å². The summed E-state index contributed by atoms with van der Waals surface area (Å²) in [4.78, 5) is 8.07. The molecule has 0 bridgehead atoms. The first-order valence-electron chi connectivity index (χ1n) is 4.91. The van der Waals surface area contributed by atoms with Crippen molar-refractivity contribution in [3.05, 3.63) is 46.4 Å². The average molecular weight is 297 g/mol. The molecule has 3 N–H and O–H groups in total. The molecule has 0 radical (unpaired) electrons. The van der Waals surface area contributed by atoms with E-state index in [1.807, 2.05) is 6.07 Å². The molecule has 2 aromatic rings. The molecule has 0 spiro atoms. The topological polar surface area (TPSA) is 63.8 Å². The van der Waals surface area contributed by atoms with Crippen LogP contribution in [0.4, 0.5) is 16.0 Å². The third-order valence-corrected chi connectivity index (χ3v) is 2.50. The molecule has 0 fully saturated rings. The fourth-order valence-electron chi connectivity index (χ4n) is 1.34. The minimum Gasteiger partial charge on any atom is -0.381 e. The van der Waals surface area contributed by atoms with Crippen molar-refractivity contribution in [2.24, 2.45) is 0 Å². The highest BCUT2D eigenvalue weighted by Gasteiger charge is 2.03. The van der Waals surface area contributed by atoms with Crippen molar-refractivity contribution in [1.29, 1.82) is 0 Å². The van der Waals surface area contributed by atoms with E-state index in [0.29, 0.717) is 22.8 Å². The highest BCUT2D eigenvalue weighted by molar-refractivity contribution is 9.10. The second-order valence-electron chi connectivity index (χ2n) is 3.41. The molecule has 2 rings (SSSR count). The summed E-state index contributed by atoms with van der Waals surface area (Å²) in [5.74, 6) is 0.519. The van der Waals surface area contributed by atoms with Crippen LogP contribution in [-0.2, 0) is 6.54 Å². The number of rotatable bonds is 3. The fourth-order valence-corrected chi connectivity index (χ4v) is 1.62. The summed E-state index contributed by atoms with van der Waals surface area (Å²) < 4.78 is 13.5. The van der Waals surface area contributed by atoms with Crippen LogP contribution in [-0.4, -0.2) is 9.97 Å². The second-order valence-corrected chi connectivity index (χ2v) is 4.22. The highest BCUT2D eigenvalue weighted by atomic mass is 79.9. The third kappa shape index (κ3) is 3.13. The van der Waals surface area contributed by atoms with Gasteiger partial charge in [-0.2, -0.15) is 0 Å². The highest BCUT2D eigenvalue weighted by Crippen LogP contribution is 2.16. The first-order chi connectivity index (χ1) is 8.15. The normalized spacial score (nSPS) is 10.2. The molecule has 0 amide bonds. The van der Waals surface area contributed by atoms with Gasteiger partial charge in [0.1, 0.15) is 10.4 Å². The molecule has 17 heavy (non-hydrogen) atoms. The van der Waals surface area contributed by atoms with E-state index in [9.17, 15) is 4.39 Å². The average Bonchev–Trinajstić information content (AvgIpc) is 2.30. The van der Waals surface area contributed by atoms with Crippen molar-refractivity contribution < 1.29 is 4.39 Å². The Kier molecular flexibility index (Phi) is 3.53. The van der Waals surface area contributed by atoms with Crippen molar-refractivity contribution in [3.63, 3.8) is 0 Å². The quantitative estimate of drug-likeness (QED) is 0.914. The fraction of sp³-hybridized carbons (Fsp3) is 0.0909. The van der Waals surface area contributed by atoms with Crippen LogP contribution in [0, 0.1) is 5.82 Å². The molecule has 0 atom stereocenters. The number of anilines is 2. The maximum absolute atomic E-state index is 12.9. The number of hydrogen-bond donors (Lipinski definition) is 2. The zero-order valence-corrected chi connectivity index (χ0v) is 10.4. The third-order valence-electron chi connectivity index (χ3n) is 2.12. The summed E-state index contributed by atoms with van der Waals surface area (Å²) in [5.41, 5.74) is 6.46. The lowest BCUT2D eigenvalue weighted by molar-refractivity contribution is 0.626. The van der Waals surface area contributed by atoms with Gasteiger partial charge in [-0.05, 0) is 33.6 Å². The lowest BCUT2D eigenvalue weighted by Gasteiger charge is -2.07. The molecule has 0 saturated carbocycles. The minimum absolute atomic E-state index is 0.266. The van der Waals surface area contributed by atoms with Crippen LogP contribution < -0.4 is 11.1 Å². The van der Waals surface area contributed by atoms with Gasteiger partial charge in [0.15, 0.2) is 11.6 Å². The van der Waals surface area contributed by atoms with Gasteiger partial charge < -0.3 is 11.1 Å². The number of nitrogens with two attached hydrogens (primary N) is 1. The summed E-state index contributed by atoms with van der Waals surface area (Å²) in [6.45, 7) is 0.438. The van der Waals surface area contributed by atoms with E-state index in [2.05, 4.69) is 31.2 Å². The van der Waals surface area contributed by atoms with E-state index in [4.69, 9.17) is 5.73 Å². The van der Waals surface area contributed by atoms with Crippen LogP contribution in [0.5, 0.6) is 0 Å². The van der Waals surface area contributed by atoms with Crippen LogP contribution in [0.25, 0.3) is 0 Å². The Hall–Kier alpha value is -1.69. The van der Waals surface area contributed by atoms with Gasteiger partial charge in [-0.25, -0.2) is 14.4 Å². The first kappa shape index (κ1) is 11.8. The number of nitrogen functional groups attached to an aromatic ring is 1. The van der Waals surface area contributed by atoms with Gasteiger partial charge in [-0.1, -0.05) is 12.1 Å². The predicted octanol–water partition coefficient (Wildman–Crippen LogP) is 2.57. The predicted molar refractivity (Wildman–Crippen MR) is 67.9 cm³/mol. The SMILES string of the molecule is Nc1ncc(Br)nc1NCc1cccc(F)c1. The molecule has 88 valence electrons. The van der Waals surface area contributed by atoms with E-state index >= 15 is 0 Å². The molecular weight excluding hydrogens is 287 g/mol. The van der Waals surface area contributed by atoms with E-state index in [0.717, 1.165) is 5.56 Å². The first-order valence-corrected chi connectivity index (χ1v) is 5.71. The zero-order valence-electron chi connectivity index (χ0n) is 8.82. The minimum atomic E-state index is -0.266. The Labute approximate surface area is 106 Å². The second kappa shape index (κ2) is 5.09. The number of hydrogen-bond acceptors (Lipinski definition) is 4. The molecule has 0 unspecified atom stereocenters. The number of nitrogens with one attached hydrogen (secondary N) is 1. The zero-order chi connectivity index (χ0) is 12.3. The molecule has 0 aliphatic rings. The van der Waals surface area contributed by atoms with Crippen LogP contribution in [0.15, 0.2) is 35.1 Å². The van der Waals surface area contributed by atoms with Crippen molar-refractivity contribution in [3.8, 4) is 0 Å². The molecule has 4 nitrogen and oxygen atoms in total. The van der Waals surface area contributed by atoms with Gasteiger partial charge in [-0.15, -0.1) is 0 Å². The standard InChI is InChI=1S/C11H10BrFN4/c12-9-6-15-10(14)11(17-9)16-5-7-2-1-3-8(13)4-7/h1-4,6H,5H2,(H2,14,15)(H,16,17). The summed E-state index contributed by atoms with van der Waals surface area (Å²) >= 11 is 3.20. The van der Waals surface area contributed by atoms with Crippen molar-refractivity contribution in [2.45, 2.75) is 6.54 Å². The molecule has 0 saturated heterocycles. The van der Waals surface area contributed by atoms with Crippen LogP contribution >= 0.6 is 15.9 Å². The van der Waals surface area contributed by atoms with Crippen molar-refractivity contribution in [1.82, 2.24) is 9.97 Å². The van der Waals surface area contributed by atoms with Crippen molar-refractivity contribution in [2.75, 3.05) is 11.1 Å². The van der Waals surface area contributed by atoms with E-state index in [1.165, 1.54) is 18.3 Å². The summed E-state index contributed by atoms with van der Waals surface area (Å²) in [5, 5.41) is 3.00. The lowest BCUT2D eigenvalue weighted by atomic mass is 10.2. The summed E-state index contributed by atoms with van der Waals surface area (Å²) in [6.07, 6.45) is 1.52. The maximum Gasteiger partial charge on any atom is 0.170 e. The Morgan fingerprint density at radius 3 is 3.00 bits per heavy atom. The smallest absolute Gasteiger partial charge is 0.170 e. The van der Waals surface area contributed by atoms with Gasteiger partial charge in [0.25, 0.3) is 0 Å². The summed E-state index contributed by atoms with van der Waals surface area (Å²) in [6, 6.07) is 6.32. The number of halogens is 2. The molecule has 0 aliphatic heterocycles. The molecule has 0 aliphatic carbocycles. The number of nitrogens with zero attached hydrogens (tertiary/aromatic N) is 2. The Morgan fingerprint density at radius 1 is 1.41 bits per heavy atom. The van der Waals surface area contributed by atoms with Crippen molar-refractivity contribution >= 4 is 27.6 Å². The van der Waals surface area contributed by atoms with E-state index < -0.39 is 0 Å². The van der Waals surface area contributed by atoms with Gasteiger partial charge in [-0.3, -0.25) is 0 Å². The molecule has 1 aromatic carbocycles. The largest absolute Gasteiger partial charge is 0.381 e. The lowest BCUT2D eigenvalue weighted by Crippen LogP contribution is -2.06. The van der Waals surface area contributed by atoms with Gasteiger partial charge in [0.05, 0.1) is 6.20 Å². The molecule has 1 aromatic heterocycles. The molecule has 1 heterocycles. The van der Waals surface area contributed by atoms with Gasteiger partial charge in [0.2, 0.25) is 0 Å². The van der Waals surface area contributed by atoms with E-state index in [1.54, 1.807) is 6.07 Å². The van der Waals surface area contributed by atoms with Crippen LogP contribution in [0.1, 0.15) is 5.56 Å². The monoisotopic (exact) mass is 296 g/mol. The Bertz CT molecular complexity index is 533. The van der Waals surface area contributed by atoms with Crippen LogP contribution in [0.3, 0.4) is 0 Å². The molecular formula is C11H10BrFN4. The summed E-state index contributed by atoms with van der Waals surface area (Å²) in [7, 11) is 0. The Balaban J connectivity index is 2.09. The van der Waals surface area contributed by atoms with Gasteiger partial charge in [0, 0.05) is 6.54 Å². The number of benzene rings is 1. The number of aromatic nitrogens is 2. The Morgan fingerprint density at radius 2 is 2.24 bits per heavy atom. The van der Waals surface area contributed by atoms with E-state index in [-0.39, 0.29) is 5.82 Å². The molecule has 6 heteroatoms. The maximum atomic E-state index is 12.9. The van der Waals surface area contributed by atoms with Crippen LogP contribution in [0.2, 0.25) is 0 Å².